The van der Waals surface area contributed by atoms with Gasteiger partial charge >= 0.3 is 0 Å². The molecule has 3 heteroatoms. The summed E-state index contributed by atoms with van der Waals surface area (Å²) in [7, 11) is 0. The minimum atomic E-state index is -0.181. The number of amides is 2. The molecule has 1 N–H and O–H groups in total. The van der Waals surface area contributed by atoms with Crippen LogP contribution in [0.5, 0.6) is 0 Å². The summed E-state index contributed by atoms with van der Waals surface area (Å²) in [6, 6.07) is 0. The van der Waals surface area contributed by atoms with Gasteiger partial charge in [-0.25, -0.2) is 0 Å². The minimum absolute atomic E-state index is 0.110. The van der Waals surface area contributed by atoms with Crippen molar-refractivity contribution in [2.24, 2.45) is 5.92 Å². The van der Waals surface area contributed by atoms with Gasteiger partial charge in [0.2, 0.25) is 5.91 Å². The quantitative estimate of drug-likeness (QED) is 0.508. The second-order valence-corrected chi connectivity index (χ2v) is 2.96. The molecule has 1 unspecified atom stereocenters. The Morgan fingerprint density at radius 1 is 1.45 bits per heavy atom. The molecule has 1 aliphatic heterocycles. The highest BCUT2D eigenvalue weighted by Gasteiger charge is 2.36. The number of fused-ring (bicyclic) bond motifs is 1. The van der Waals surface area contributed by atoms with Gasteiger partial charge in [0.1, 0.15) is 0 Å². The van der Waals surface area contributed by atoms with E-state index < -0.39 is 0 Å². The van der Waals surface area contributed by atoms with Crippen LogP contribution in [0.1, 0.15) is 19.3 Å². The lowest BCUT2D eigenvalue weighted by Crippen LogP contribution is -2.21. The van der Waals surface area contributed by atoms with E-state index in [0.717, 1.165) is 19.3 Å². The summed E-state index contributed by atoms with van der Waals surface area (Å²) in [5, 5.41) is 2.31. The molecule has 1 heterocycles. The smallest absolute Gasteiger partial charge is 0.254 e. The Morgan fingerprint density at radius 2 is 2.27 bits per heavy atom. The molecule has 1 atom stereocenters. The number of allylic oxidation sites excluding steroid dienone is 1. The molecule has 2 amide bonds. The van der Waals surface area contributed by atoms with E-state index in [4.69, 9.17) is 0 Å². The van der Waals surface area contributed by atoms with Crippen LogP contribution < -0.4 is 5.32 Å². The Balaban J connectivity index is 2.36. The van der Waals surface area contributed by atoms with Crippen molar-refractivity contribution in [3.05, 3.63) is 11.6 Å². The Hall–Kier alpha value is -1.12. The predicted molar refractivity (Wildman–Crippen MR) is 38.6 cm³/mol. The Bertz CT molecular complexity index is 255. The Labute approximate surface area is 64.5 Å². The van der Waals surface area contributed by atoms with Crippen molar-refractivity contribution < 1.29 is 9.59 Å². The molecule has 3 nitrogen and oxygen atoms in total. The lowest BCUT2D eigenvalue weighted by molar-refractivity contribution is -0.125. The predicted octanol–water partition coefficient (Wildman–Crippen LogP) is 0.369. The third-order valence-electron chi connectivity index (χ3n) is 2.25. The summed E-state index contributed by atoms with van der Waals surface area (Å²) in [4.78, 5) is 22.1. The highest BCUT2D eigenvalue weighted by molar-refractivity contribution is 6.14. The number of nitrogens with one attached hydrogen (secondary N) is 1. The maximum Gasteiger partial charge on any atom is 0.254 e. The van der Waals surface area contributed by atoms with Crippen LogP contribution in [0.15, 0.2) is 11.6 Å². The highest BCUT2D eigenvalue weighted by Crippen LogP contribution is 2.28. The summed E-state index contributed by atoms with van der Waals surface area (Å²) >= 11 is 0. The van der Waals surface area contributed by atoms with Gasteiger partial charge in [0.25, 0.3) is 5.91 Å². The number of imide groups is 1. The van der Waals surface area contributed by atoms with Crippen molar-refractivity contribution in [3.63, 3.8) is 0 Å². The van der Waals surface area contributed by atoms with E-state index in [1.54, 1.807) is 0 Å². The lowest BCUT2D eigenvalue weighted by atomic mass is 9.90. The van der Waals surface area contributed by atoms with Crippen molar-refractivity contribution in [2.75, 3.05) is 0 Å². The molecule has 0 aromatic carbocycles. The first kappa shape index (κ1) is 6.58. The molecule has 1 saturated heterocycles. The molecule has 0 radical (unpaired) electrons. The molecular formula is C8H9NO2. The summed E-state index contributed by atoms with van der Waals surface area (Å²) in [5.41, 5.74) is 0.696. The van der Waals surface area contributed by atoms with Crippen LogP contribution in [0.2, 0.25) is 0 Å². The molecule has 58 valence electrons. The molecule has 2 rings (SSSR count). The second-order valence-electron chi connectivity index (χ2n) is 2.96. The van der Waals surface area contributed by atoms with Crippen molar-refractivity contribution in [3.8, 4) is 0 Å². The zero-order valence-corrected chi connectivity index (χ0v) is 6.09. The molecule has 0 bridgehead atoms. The monoisotopic (exact) mass is 151 g/mol. The number of carbonyl (C=O) groups excluding carboxylic acids is 2. The first-order valence-corrected chi connectivity index (χ1v) is 3.84. The number of carbonyl (C=O) groups is 2. The van der Waals surface area contributed by atoms with Gasteiger partial charge in [0, 0.05) is 5.57 Å². The van der Waals surface area contributed by atoms with E-state index in [2.05, 4.69) is 5.32 Å². The molecule has 2 aliphatic rings. The zero-order valence-electron chi connectivity index (χ0n) is 6.09. The van der Waals surface area contributed by atoms with Crippen LogP contribution >= 0.6 is 0 Å². The maximum atomic E-state index is 11.0. The molecule has 11 heavy (non-hydrogen) atoms. The molecule has 0 spiro atoms. The average molecular weight is 151 g/mol. The first-order valence-electron chi connectivity index (χ1n) is 3.84. The van der Waals surface area contributed by atoms with Gasteiger partial charge in [0.05, 0.1) is 5.92 Å². The highest BCUT2D eigenvalue weighted by atomic mass is 16.2. The van der Waals surface area contributed by atoms with E-state index in [-0.39, 0.29) is 17.7 Å². The van der Waals surface area contributed by atoms with Gasteiger partial charge in [-0.1, -0.05) is 6.08 Å². The lowest BCUT2D eigenvalue weighted by Gasteiger charge is -2.11. The first-order chi connectivity index (χ1) is 5.29. The van der Waals surface area contributed by atoms with Gasteiger partial charge in [0.15, 0.2) is 0 Å². The van der Waals surface area contributed by atoms with E-state index in [0.29, 0.717) is 5.57 Å². The number of hydrogen-bond acceptors (Lipinski definition) is 2. The third kappa shape index (κ3) is 0.878. The summed E-state index contributed by atoms with van der Waals surface area (Å²) in [5.74, 6) is -0.420. The summed E-state index contributed by atoms with van der Waals surface area (Å²) in [6.45, 7) is 0. The molecule has 0 aromatic rings. The van der Waals surface area contributed by atoms with Crippen LogP contribution in [-0.2, 0) is 9.59 Å². The number of rotatable bonds is 0. The van der Waals surface area contributed by atoms with Gasteiger partial charge in [-0.2, -0.15) is 0 Å². The minimum Gasteiger partial charge on any atom is -0.292 e. The maximum absolute atomic E-state index is 11.0. The fraction of sp³-hybridized carbons (Fsp3) is 0.500. The van der Waals surface area contributed by atoms with Crippen molar-refractivity contribution in [1.29, 1.82) is 0 Å². The molecule has 1 fully saturated rings. The van der Waals surface area contributed by atoms with Gasteiger partial charge in [-0.05, 0) is 19.3 Å². The largest absolute Gasteiger partial charge is 0.292 e. The SMILES string of the molecule is O=C1NC(=O)C2CCCC=C12. The van der Waals surface area contributed by atoms with Gasteiger partial charge in [-0.3, -0.25) is 14.9 Å². The zero-order chi connectivity index (χ0) is 7.84. The van der Waals surface area contributed by atoms with Crippen molar-refractivity contribution >= 4 is 11.8 Å². The molecule has 0 aromatic heterocycles. The van der Waals surface area contributed by atoms with Crippen molar-refractivity contribution in [2.45, 2.75) is 19.3 Å². The van der Waals surface area contributed by atoms with Crippen LogP contribution in [0.3, 0.4) is 0 Å². The second kappa shape index (κ2) is 2.19. The van der Waals surface area contributed by atoms with E-state index in [9.17, 15) is 9.59 Å². The average Bonchev–Trinajstić information content (AvgIpc) is 2.30. The Morgan fingerprint density at radius 3 is 3.00 bits per heavy atom. The number of hydrogen-bond donors (Lipinski definition) is 1. The van der Waals surface area contributed by atoms with E-state index >= 15 is 0 Å². The fourth-order valence-corrected chi connectivity index (χ4v) is 1.67. The fourth-order valence-electron chi connectivity index (χ4n) is 1.67. The van der Waals surface area contributed by atoms with Gasteiger partial charge in [-0.15, -0.1) is 0 Å². The molecular weight excluding hydrogens is 142 g/mol. The van der Waals surface area contributed by atoms with Crippen LogP contribution in [0, 0.1) is 5.92 Å². The van der Waals surface area contributed by atoms with Crippen LogP contribution in [0.25, 0.3) is 0 Å². The van der Waals surface area contributed by atoms with Gasteiger partial charge < -0.3 is 0 Å². The molecule has 1 aliphatic carbocycles. The van der Waals surface area contributed by atoms with Crippen molar-refractivity contribution in [1.82, 2.24) is 5.32 Å². The molecule has 0 saturated carbocycles. The Kier molecular flexibility index (Phi) is 1.31. The summed E-state index contributed by atoms with van der Waals surface area (Å²) < 4.78 is 0. The standard InChI is InChI=1S/C8H9NO2/c10-7-5-3-1-2-4-6(5)8(11)9-7/h3,6H,1-2,4H2,(H,9,10,11). The van der Waals surface area contributed by atoms with E-state index in [1.807, 2.05) is 6.08 Å². The topological polar surface area (TPSA) is 46.2 Å². The summed E-state index contributed by atoms with van der Waals surface area (Å²) in [6.07, 6.45) is 4.68. The van der Waals surface area contributed by atoms with Crippen LogP contribution in [-0.4, -0.2) is 11.8 Å². The normalized spacial score (nSPS) is 29.5. The van der Waals surface area contributed by atoms with E-state index in [1.165, 1.54) is 0 Å². The third-order valence-corrected chi connectivity index (χ3v) is 2.25. The van der Waals surface area contributed by atoms with Crippen LogP contribution in [0.4, 0.5) is 0 Å².